The second-order valence-electron chi connectivity index (χ2n) is 7.94. The lowest BCUT2D eigenvalue weighted by atomic mass is 10.0. The first-order chi connectivity index (χ1) is 14.3. The van der Waals surface area contributed by atoms with Crippen LogP contribution in [0.4, 0.5) is 0 Å². The fraction of sp³-hybridized carbons (Fsp3) is 0.435. The summed E-state index contributed by atoms with van der Waals surface area (Å²) in [5.74, 6) is 1.18. The predicted molar refractivity (Wildman–Crippen MR) is 117 cm³/mol. The summed E-state index contributed by atoms with van der Waals surface area (Å²) in [5, 5.41) is 0. The SMILES string of the molecule is CCOc1ccc(C(=O)C[NH+]2CCN(S(=O)(=O)c3ccc(C(C)C)cc3)CC2)cc1. The average Bonchev–Trinajstić information content (AvgIpc) is 2.75. The summed E-state index contributed by atoms with van der Waals surface area (Å²) < 4.78 is 32.8. The molecule has 0 atom stereocenters. The molecule has 0 aromatic heterocycles. The highest BCUT2D eigenvalue weighted by molar-refractivity contribution is 7.89. The van der Waals surface area contributed by atoms with E-state index in [0.29, 0.717) is 55.7 Å². The summed E-state index contributed by atoms with van der Waals surface area (Å²) in [5.41, 5.74) is 1.78. The van der Waals surface area contributed by atoms with Gasteiger partial charge < -0.3 is 9.64 Å². The number of Topliss-reactive ketones (excluding diaryl/α,β-unsaturated/α-hetero) is 1. The van der Waals surface area contributed by atoms with Gasteiger partial charge in [-0.05, 0) is 54.8 Å². The van der Waals surface area contributed by atoms with Gasteiger partial charge in [0.15, 0.2) is 0 Å². The van der Waals surface area contributed by atoms with Crippen LogP contribution < -0.4 is 9.64 Å². The lowest BCUT2D eigenvalue weighted by Gasteiger charge is -2.31. The van der Waals surface area contributed by atoms with Crippen LogP contribution >= 0.6 is 0 Å². The molecule has 0 saturated carbocycles. The number of nitrogens with zero attached hydrogens (tertiary/aromatic N) is 1. The summed E-state index contributed by atoms with van der Waals surface area (Å²) in [6.07, 6.45) is 0. The first-order valence-corrected chi connectivity index (χ1v) is 11.9. The molecule has 1 N–H and O–H groups in total. The molecule has 0 unspecified atom stereocenters. The largest absolute Gasteiger partial charge is 0.494 e. The number of piperazine rings is 1. The molecule has 1 heterocycles. The van der Waals surface area contributed by atoms with Crippen molar-refractivity contribution in [1.29, 1.82) is 0 Å². The number of hydrogen-bond acceptors (Lipinski definition) is 4. The zero-order valence-electron chi connectivity index (χ0n) is 17.9. The molecule has 0 bridgehead atoms. The van der Waals surface area contributed by atoms with Gasteiger partial charge in [-0.3, -0.25) is 4.79 Å². The van der Waals surface area contributed by atoms with Gasteiger partial charge in [-0.2, -0.15) is 4.31 Å². The maximum atomic E-state index is 12.9. The van der Waals surface area contributed by atoms with Crippen LogP contribution in [-0.4, -0.2) is 57.8 Å². The zero-order valence-corrected chi connectivity index (χ0v) is 18.7. The lowest BCUT2D eigenvalue weighted by Crippen LogP contribution is -3.15. The van der Waals surface area contributed by atoms with Crippen LogP contribution in [0.25, 0.3) is 0 Å². The maximum absolute atomic E-state index is 12.9. The molecule has 162 valence electrons. The van der Waals surface area contributed by atoms with E-state index in [4.69, 9.17) is 4.74 Å². The summed E-state index contributed by atoms with van der Waals surface area (Å²) in [6, 6.07) is 14.3. The summed E-state index contributed by atoms with van der Waals surface area (Å²) in [7, 11) is -3.50. The van der Waals surface area contributed by atoms with Gasteiger partial charge in [0.2, 0.25) is 15.8 Å². The van der Waals surface area contributed by atoms with Gasteiger partial charge >= 0.3 is 0 Å². The molecule has 1 aliphatic rings. The molecule has 1 fully saturated rings. The third-order valence-corrected chi connectivity index (χ3v) is 7.42. The Kier molecular flexibility index (Phi) is 7.28. The normalized spacial score (nSPS) is 16.0. The third kappa shape index (κ3) is 5.28. The molecule has 2 aromatic carbocycles. The molecule has 0 spiro atoms. The number of ketones is 1. The minimum absolute atomic E-state index is 0.0635. The molecular formula is C23H31N2O4S+. The van der Waals surface area contributed by atoms with Crippen LogP contribution in [0.1, 0.15) is 42.6 Å². The van der Waals surface area contributed by atoms with Crippen molar-refractivity contribution >= 4 is 15.8 Å². The van der Waals surface area contributed by atoms with E-state index in [1.54, 1.807) is 36.4 Å². The number of nitrogens with one attached hydrogen (secondary N) is 1. The molecule has 1 aliphatic heterocycles. The quantitative estimate of drug-likeness (QED) is 0.649. The van der Waals surface area contributed by atoms with E-state index in [-0.39, 0.29) is 5.78 Å². The number of carbonyl (C=O) groups excluding carboxylic acids is 1. The smallest absolute Gasteiger partial charge is 0.243 e. The molecule has 30 heavy (non-hydrogen) atoms. The Balaban J connectivity index is 1.56. The predicted octanol–water partition coefficient (Wildman–Crippen LogP) is 1.98. The van der Waals surface area contributed by atoms with Crippen molar-refractivity contribution in [2.24, 2.45) is 0 Å². The molecule has 3 rings (SSSR count). The summed E-state index contributed by atoms with van der Waals surface area (Å²) in [4.78, 5) is 14.0. The first kappa shape index (κ1) is 22.5. The molecule has 6 nitrogen and oxygen atoms in total. The van der Waals surface area contributed by atoms with Gasteiger partial charge in [0.25, 0.3) is 0 Å². The molecule has 0 amide bonds. The number of ether oxygens (including phenoxy) is 1. The Morgan fingerprint density at radius 2 is 1.63 bits per heavy atom. The third-order valence-electron chi connectivity index (χ3n) is 5.51. The van der Waals surface area contributed by atoms with Crippen molar-refractivity contribution in [3.8, 4) is 5.75 Å². The van der Waals surface area contributed by atoms with Crippen LogP contribution in [0, 0.1) is 0 Å². The minimum atomic E-state index is -3.50. The van der Waals surface area contributed by atoms with Gasteiger partial charge in [-0.15, -0.1) is 0 Å². The highest BCUT2D eigenvalue weighted by atomic mass is 32.2. The molecule has 1 saturated heterocycles. The highest BCUT2D eigenvalue weighted by Crippen LogP contribution is 2.20. The molecular weight excluding hydrogens is 400 g/mol. The first-order valence-electron chi connectivity index (χ1n) is 10.5. The monoisotopic (exact) mass is 431 g/mol. The number of sulfonamides is 1. The molecule has 2 aromatic rings. The van der Waals surface area contributed by atoms with Crippen molar-refractivity contribution in [2.45, 2.75) is 31.6 Å². The van der Waals surface area contributed by atoms with Gasteiger partial charge in [-0.1, -0.05) is 26.0 Å². The van der Waals surface area contributed by atoms with Crippen LogP contribution in [0.2, 0.25) is 0 Å². The average molecular weight is 432 g/mol. The Labute approximate surface area is 179 Å². The fourth-order valence-corrected chi connectivity index (χ4v) is 5.07. The maximum Gasteiger partial charge on any atom is 0.243 e. The minimum Gasteiger partial charge on any atom is -0.494 e. The van der Waals surface area contributed by atoms with E-state index in [1.165, 1.54) is 4.31 Å². The molecule has 0 aliphatic carbocycles. The zero-order chi connectivity index (χ0) is 21.7. The van der Waals surface area contributed by atoms with Crippen molar-refractivity contribution < 1.29 is 22.8 Å². The Hall–Kier alpha value is -2.22. The fourth-order valence-electron chi connectivity index (χ4n) is 3.63. The Bertz CT molecular complexity index is 946. The van der Waals surface area contributed by atoms with E-state index in [0.717, 1.165) is 16.2 Å². The van der Waals surface area contributed by atoms with Gasteiger partial charge in [0, 0.05) is 5.56 Å². The van der Waals surface area contributed by atoms with E-state index in [1.807, 2.05) is 19.1 Å². The molecule has 7 heteroatoms. The second kappa shape index (κ2) is 9.73. The highest BCUT2D eigenvalue weighted by Gasteiger charge is 2.31. The number of benzene rings is 2. The van der Waals surface area contributed by atoms with Crippen molar-refractivity contribution in [3.63, 3.8) is 0 Å². The van der Waals surface area contributed by atoms with E-state index < -0.39 is 10.0 Å². The number of rotatable bonds is 8. The summed E-state index contributed by atoms with van der Waals surface area (Å²) >= 11 is 0. The van der Waals surface area contributed by atoms with E-state index >= 15 is 0 Å². The number of quaternary nitrogens is 1. The topological polar surface area (TPSA) is 68.1 Å². The van der Waals surface area contributed by atoms with E-state index in [2.05, 4.69) is 13.8 Å². The van der Waals surface area contributed by atoms with Crippen LogP contribution in [0.5, 0.6) is 5.75 Å². The van der Waals surface area contributed by atoms with Crippen molar-refractivity contribution in [3.05, 3.63) is 59.7 Å². The van der Waals surface area contributed by atoms with Gasteiger partial charge in [-0.25, -0.2) is 8.42 Å². The van der Waals surface area contributed by atoms with Crippen LogP contribution in [0.3, 0.4) is 0 Å². The second-order valence-corrected chi connectivity index (χ2v) is 9.87. The number of carbonyl (C=O) groups is 1. The Morgan fingerprint density at radius 3 is 2.17 bits per heavy atom. The molecule has 0 radical (unpaired) electrons. The van der Waals surface area contributed by atoms with Crippen molar-refractivity contribution in [1.82, 2.24) is 4.31 Å². The Morgan fingerprint density at radius 1 is 1.03 bits per heavy atom. The van der Waals surface area contributed by atoms with Crippen LogP contribution in [-0.2, 0) is 10.0 Å². The van der Waals surface area contributed by atoms with Gasteiger partial charge in [0.1, 0.15) is 12.3 Å². The lowest BCUT2D eigenvalue weighted by molar-refractivity contribution is -0.895. The number of hydrogen-bond donors (Lipinski definition) is 1. The van der Waals surface area contributed by atoms with Gasteiger partial charge in [0.05, 0.1) is 37.7 Å². The van der Waals surface area contributed by atoms with Crippen LogP contribution in [0.15, 0.2) is 53.4 Å². The standard InChI is InChI=1S/C23H30N2O4S/c1-4-29-21-9-5-20(6-10-21)23(26)17-24-13-15-25(16-14-24)30(27,28)22-11-7-19(8-12-22)18(2)3/h5-12,18H,4,13-17H2,1-3H3/p+1. The van der Waals surface area contributed by atoms with E-state index in [9.17, 15) is 13.2 Å². The summed E-state index contributed by atoms with van der Waals surface area (Å²) in [6.45, 7) is 9.11. The van der Waals surface area contributed by atoms with Crippen molar-refractivity contribution in [2.75, 3.05) is 39.3 Å².